The van der Waals surface area contributed by atoms with Crippen LogP contribution in [-0.4, -0.2) is 4.98 Å². The highest BCUT2D eigenvalue weighted by Gasteiger charge is 2.10. The van der Waals surface area contributed by atoms with Crippen molar-refractivity contribution in [3.63, 3.8) is 0 Å². The molecule has 2 aromatic rings. The van der Waals surface area contributed by atoms with Crippen molar-refractivity contribution in [1.29, 1.82) is 0 Å². The fourth-order valence-electron chi connectivity index (χ4n) is 1.19. The van der Waals surface area contributed by atoms with Gasteiger partial charge in [0.2, 0.25) is 5.89 Å². The smallest absolute Gasteiger partial charge is 0.227 e. The minimum absolute atomic E-state index is 0.356. The zero-order valence-corrected chi connectivity index (χ0v) is 10.0. The lowest BCUT2D eigenvalue weighted by atomic mass is 10.2. The number of rotatable bonds is 2. The molecule has 1 heterocycles. The van der Waals surface area contributed by atoms with Gasteiger partial charge >= 0.3 is 0 Å². The molecule has 2 rings (SSSR count). The minimum atomic E-state index is 0.356. The van der Waals surface area contributed by atoms with E-state index in [0.717, 1.165) is 10.0 Å². The van der Waals surface area contributed by atoms with E-state index in [2.05, 4.69) is 20.9 Å². The number of hydrogen-bond acceptors (Lipinski definition) is 3. The largest absolute Gasteiger partial charge is 0.444 e. The lowest BCUT2D eigenvalue weighted by Gasteiger charge is -1.99. The van der Waals surface area contributed by atoms with Gasteiger partial charge in [-0.1, -0.05) is 27.5 Å². The van der Waals surface area contributed by atoms with Crippen molar-refractivity contribution in [1.82, 2.24) is 4.98 Å². The third-order valence-electron chi connectivity index (χ3n) is 1.92. The van der Waals surface area contributed by atoms with E-state index in [0.29, 0.717) is 23.2 Å². The lowest BCUT2D eigenvalue weighted by molar-refractivity contribution is 0.572. The molecule has 3 nitrogen and oxygen atoms in total. The zero-order chi connectivity index (χ0) is 10.8. The summed E-state index contributed by atoms with van der Waals surface area (Å²) < 4.78 is 6.21. The van der Waals surface area contributed by atoms with Crippen LogP contribution in [0.15, 0.2) is 33.4 Å². The maximum Gasteiger partial charge on any atom is 0.227 e. The SMILES string of the molecule is NCc1coc(-c2cc(Br)ccc2Cl)n1. The number of oxazole rings is 1. The Kier molecular flexibility index (Phi) is 3.09. The number of benzene rings is 1. The van der Waals surface area contributed by atoms with Gasteiger partial charge in [0.15, 0.2) is 0 Å². The predicted molar refractivity (Wildman–Crippen MR) is 62.5 cm³/mol. The Morgan fingerprint density at radius 2 is 2.27 bits per heavy atom. The van der Waals surface area contributed by atoms with Crippen LogP contribution in [0, 0.1) is 0 Å². The first-order valence-electron chi connectivity index (χ1n) is 4.30. The summed E-state index contributed by atoms with van der Waals surface area (Å²) in [5.74, 6) is 0.488. The first-order valence-corrected chi connectivity index (χ1v) is 5.47. The lowest BCUT2D eigenvalue weighted by Crippen LogP contribution is -1.95. The van der Waals surface area contributed by atoms with Gasteiger partial charge in [0.05, 0.1) is 16.3 Å². The number of halogens is 2. The van der Waals surface area contributed by atoms with Gasteiger partial charge in [0.1, 0.15) is 6.26 Å². The molecule has 0 fully saturated rings. The summed E-state index contributed by atoms with van der Waals surface area (Å²) in [7, 11) is 0. The van der Waals surface area contributed by atoms with E-state index >= 15 is 0 Å². The molecule has 1 aromatic carbocycles. The van der Waals surface area contributed by atoms with Gasteiger partial charge in [-0.15, -0.1) is 0 Å². The predicted octanol–water partition coefficient (Wildman–Crippen LogP) is 3.22. The van der Waals surface area contributed by atoms with E-state index in [4.69, 9.17) is 21.8 Å². The van der Waals surface area contributed by atoms with Crippen LogP contribution in [0.5, 0.6) is 0 Å². The molecule has 0 aliphatic rings. The molecule has 78 valence electrons. The Labute approximate surface area is 100 Å². The highest BCUT2D eigenvalue weighted by atomic mass is 79.9. The molecule has 0 spiro atoms. The van der Waals surface area contributed by atoms with Gasteiger partial charge in [-0.3, -0.25) is 0 Å². The third kappa shape index (κ3) is 2.22. The summed E-state index contributed by atoms with van der Waals surface area (Å²) in [6, 6.07) is 5.50. The van der Waals surface area contributed by atoms with Gasteiger partial charge < -0.3 is 10.2 Å². The van der Waals surface area contributed by atoms with E-state index in [9.17, 15) is 0 Å². The molecular weight excluding hydrogens is 279 g/mol. The van der Waals surface area contributed by atoms with Crippen LogP contribution in [0.4, 0.5) is 0 Å². The summed E-state index contributed by atoms with van der Waals surface area (Å²) >= 11 is 9.40. The highest BCUT2D eigenvalue weighted by Crippen LogP contribution is 2.29. The molecule has 5 heteroatoms. The molecule has 0 saturated carbocycles. The van der Waals surface area contributed by atoms with Crippen LogP contribution in [0.2, 0.25) is 5.02 Å². The minimum Gasteiger partial charge on any atom is -0.444 e. The van der Waals surface area contributed by atoms with Crippen molar-refractivity contribution in [2.75, 3.05) is 0 Å². The van der Waals surface area contributed by atoms with Crippen LogP contribution >= 0.6 is 27.5 Å². The molecule has 0 aliphatic carbocycles. The van der Waals surface area contributed by atoms with Crippen molar-refractivity contribution in [2.45, 2.75) is 6.54 Å². The van der Waals surface area contributed by atoms with Crippen molar-refractivity contribution >= 4 is 27.5 Å². The average Bonchev–Trinajstić information content (AvgIpc) is 2.70. The van der Waals surface area contributed by atoms with Crippen LogP contribution in [0.3, 0.4) is 0 Å². The highest BCUT2D eigenvalue weighted by molar-refractivity contribution is 9.10. The fraction of sp³-hybridized carbons (Fsp3) is 0.100. The summed E-state index contributed by atoms with van der Waals surface area (Å²) in [5.41, 5.74) is 6.91. The van der Waals surface area contributed by atoms with E-state index in [1.54, 1.807) is 6.07 Å². The molecule has 0 amide bonds. The molecule has 0 radical (unpaired) electrons. The van der Waals surface area contributed by atoms with Crippen molar-refractivity contribution < 1.29 is 4.42 Å². The van der Waals surface area contributed by atoms with Crippen molar-refractivity contribution in [2.24, 2.45) is 5.73 Å². The second kappa shape index (κ2) is 4.35. The van der Waals surface area contributed by atoms with Crippen molar-refractivity contribution in [3.8, 4) is 11.5 Å². The topological polar surface area (TPSA) is 52.0 Å². The molecule has 0 saturated heterocycles. The van der Waals surface area contributed by atoms with E-state index in [-0.39, 0.29) is 0 Å². The molecule has 2 N–H and O–H groups in total. The Balaban J connectivity index is 2.48. The molecular formula is C10H8BrClN2O. The summed E-state index contributed by atoms with van der Waals surface area (Å²) in [5, 5.41) is 0.601. The zero-order valence-electron chi connectivity index (χ0n) is 7.71. The Hall–Kier alpha value is -0.840. The summed E-state index contributed by atoms with van der Waals surface area (Å²) in [6.45, 7) is 0.356. The van der Waals surface area contributed by atoms with Crippen LogP contribution in [0.1, 0.15) is 5.69 Å². The van der Waals surface area contributed by atoms with Gasteiger partial charge in [-0.2, -0.15) is 0 Å². The van der Waals surface area contributed by atoms with E-state index < -0.39 is 0 Å². The van der Waals surface area contributed by atoms with E-state index in [1.165, 1.54) is 6.26 Å². The molecule has 0 atom stereocenters. The Morgan fingerprint density at radius 1 is 1.47 bits per heavy atom. The van der Waals surface area contributed by atoms with Crippen LogP contribution < -0.4 is 5.73 Å². The van der Waals surface area contributed by atoms with Crippen LogP contribution in [-0.2, 0) is 6.54 Å². The maximum atomic E-state index is 6.03. The maximum absolute atomic E-state index is 6.03. The average molecular weight is 288 g/mol. The molecule has 0 bridgehead atoms. The van der Waals surface area contributed by atoms with Gasteiger partial charge in [-0.25, -0.2) is 4.98 Å². The normalized spacial score (nSPS) is 10.6. The van der Waals surface area contributed by atoms with Gasteiger partial charge in [0, 0.05) is 11.0 Å². The molecule has 0 unspecified atom stereocenters. The Morgan fingerprint density at radius 3 is 2.93 bits per heavy atom. The number of nitrogens with two attached hydrogens (primary N) is 1. The number of hydrogen-bond donors (Lipinski definition) is 1. The standard InChI is InChI=1S/C10H8BrClN2O/c11-6-1-2-9(12)8(3-6)10-14-7(4-13)5-15-10/h1-3,5H,4,13H2. The molecule has 0 aliphatic heterocycles. The monoisotopic (exact) mass is 286 g/mol. The second-order valence-corrected chi connectivity index (χ2v) is 4.30. The van der Waals surface area contributed by atoms with Gasteiger partial charge in [-0.05, 0) is 18.2 Å². The quantitative estimate of drug-likeness (QED) is 0.922. The third-order valence-corrected chi connectivity index (χ3v) is 2.74. The summed E-state index contributed by atoms with van der Waals surface area (Å²) in [4.78, 5) is 4.20. The first-order chi connectivity index (χ1) is 7.20. The van der Waals surface area contributed by atoms with Crippen molar-refractivity contribution in [3.05, 3.63) is 39.7 Å². The number of aromatic nitrogens is 1. The van der Waals surface area contributed by atoms with E-state index in [1.807, 2.05) is 12.1 Å². The Bertz CT molecular complexity index is 484. The molecule has 1 aromatic heterocycles. The fourth-order valence-corrected chi connectivity index (χ4v) is 1.75. The number of nitrogens with zero attached hydrogens (tertiary/aromatic N) is 1. The van der Waals surface area contributed by atoms with Gasteiger partial charge in [0.25, 0.3) is 0 Å². The second-order valence-electron chi connectivity index (χ2n) is 2.97. The molecule has 15 heavy (non-hydrogen) atoms. The summed E-state index contributed by atoms with van der Waals surface area (Å²) in [6.07, 6.45) is 1.53. The first kappa shape index (κ1) is 10.7. The van der Waals surface area contributed by atoms with Crippen LogP contribution in [0.25, 0.3) is 11.5 Å².